The number of nitrogens with one attached hydrogen (secondary N) is 1. The Bertz CT molecular complexity index is 593. The van der Waals surface area contributed by atoms with E-state index < -0.39 is 0 Å². The first-order valence-electron chi connectivity index (χ1n) is 5.84. The highest BCUT2D eigenvalue weighted by molar-refractivity contribution is 14.1. The fraction of sp³-hybridized carbons (Fsp3) is 0.133. The Morgan fingerprint density at radius 1 is 1.21 bits per heavy atom. The Hall–Kier alpha value is -1.61. The van der Waals surface area contributed by atoms with Crippen molar-refractivity contribution in [2.45, 2.75) is 12.5 Å². The molecule has 0 aromatic heterocycles. The van der Waals surface area contributed by atoms with Crippen LogP contribution in [0.15, 0.2) is 48.5 Å². The molecule has 0 bridgehead atoms. The van der Waals surface area contributed by atoms with E-state index in [-0.39, 0.29) is 11.9 Å². The van der Waals surface area contributed by atoms with Gasteiger partial charge in [0.25, 0.3) is 0 Å². The van der Waals surface area contributed by atoms with Crippen LogP contribution in [0, 0.1) is 20.7 Å². The number of nitrogens with zero attached hydrogens (tertiary/aromatic N) is 1. The molecule has 0 aliphatic heterocycles. The van der Waals surface area contributed by atoms with E-state index in [9.17, 15) is 4.39 Å². The maximum absolute atomic E-state index is 13.1. The normalized spacial score (nSPS) is 11.6. The second-order valence-corrected chi connectivity index (χ2v) is 5.26. The summed E-state index contributed by atoms with van der Waals surface area (Å²) in [6.45, 7) is 0. The highest BCUT2D eigenvalue weighted by atomic mass is 127. The third kappa shape index (κ3) is 3.67. The Labute approximate surface area is 125 Å². The van der Waals surface area contributed by atoms with Crippen LogP contribution in [0.4, 0.5) is 10.1 Å². The van der Waals surface area contributed by atoms with Crippen molar-refractivity contribution in [2.75, 3.05) is 5.32 Å². The summed E-state index contributed by atoms with van der Waals surface area (Å²) < 4.78 is 13.9. The average molecular weight is 366 g/mol. The summed E-state index contributed by atoms with van der Waals surface area (Å²) in [5, 5.41) is 12.2. The smallest absolute Gasteiger partial charge is 0.124 e. The summed E-state index contributed by atoms with van der Waals surface area (Å²) in [5.74, 6) is -0.258. The summed E-state index contributed by atoms with van der Waals surface area (Å²) in [6.07, 6.45) is 0.359. The Morgan fingerprint density at radius 3 is 2.58 bits per heavy atom. The molecule has 0 radical (unpaired) electrons. The van der Waals surface area contributed by atoms with E-state index in [4.69, 9.17) is 5.26 Å². The maximum Gasteiger partial charge on any atom is 0.124 e. The van der Waals surface area contributed by atoms with Crippen LogP contribution in [0.3, 0.4) is 0 Å². The first kappa shape index (κ1) is 13.8. The van der Waals surface area contributed by atoms with Gasteiger partial charge in [-0.3, -0.25) is 0 Å². The van der Waals surface area contributed by atoms with Gasteiger partial charge in [0.2, 0.25) is 0 Å². The van der Waals surface area contributed by atoms with Crippen LogP contribution >= 0.6 is 22.6 Å². The zero-order valence-electron chi connectivity index (χ0n) is 10.1. The molecule has 2 aromatic carbocycles. The van der Waals surface area contributed by atoms with Crippen LogP contribution in [0.5, 0.6) is 0 Å². The van der Waals surface area contributed by atoms with Gasteiger partial charge in [-0.05, 0) is 46.4 Å². The first-order valence-corrected chi connectivity index (χ1v) is 6.92. The van der Waals surface area contributed by atoms with E-state index in [1.165, 1.54) is 12.1 Å². The highest BCUT2D eigenvalue weighted by Gasteiger charge is 2.12. The van der Waals surface area contributed by atoms with E-state index in [1.54, 1.807) is 6.07 Å². The molecule has 0 saturated carbocycles. The lowest BCUT2D eigenvalue weighted by molar-refractivity contribution is 0.627. The second kappa shape index (κ2) is 6.53. The van der Waals surface area contributed by atoms with Gasteiger partial charge in [-0.2, -0.15) is 5.26 Å². The highest BCUT2D eigenvalue weighted by Crippen LogP contribution is 2.26. The molecule has 19 heavy (non-hydrogen) atoms. The monoisotopic (exact) mass is 366 g/mol. The second-order valence-electron chi connectivity index (χ2n) is 4.09. The topological polar surface area (TPSA) is 35.8 Å². The Kier molecular flexibility index (Phi) is 4.74. The molecule has 1 N–H and O–H groups in total. The Balaban J connectivity index is 2.24. The van der Waals surface area contributed by atoms with Gasteiger partial charge >= 0.3 is 0 Å². The van der Waals surface area contributed by atoms with Gasteiger partial charge < -0.3 is 5.32 Å². The molecule has 96 valence electrons. The molecule has 0 saturated heterocycles. The number of hydrogen-bond donors (Lipinski definition) is 1. The van der Waals surface area contributed by atoms with Crippen LogP contribution in [0.25, 0.3) is 0 Å². The first-order chi connectivity index (χ1) is 9.20. The van der Waals surface area contributed by atoms with Gasteiger partial charge in [0.05, 0.1) is 18.5 Å². The van der Waals surface area contributed by atoms with Gasteiger partial charge in [0.15, 0.2) is 0 Å². The molecule has 0 aliphatic carbocycles. The van der Waals surface area contributed by atoms with Crippen molar-refractivity contribution < 1.29 is 4.39 Å². The van der Waals surface area contributed by atoms with Crippen LogP contribution in [-0.2, 0) is 0 Å². The molecule has 1 unspecified atom stereocenters. The number of hydrogen-bond acceptors (Lipinski definition) is 2. The quantitative estimate of drug-likeness (QED) is 0.809. The van der Waals surface area contributed by atoms with E-state index in [0.29, 0.717) is 6.42 Å². The zero-order chi connectivity index (χ0) is 13.7. The van der Waals surface area contributed by atoms with E-state index in [0.717, 1.165) is 14.8 Å². The van der Waals surface area contributed by atoms with E-state index in [1.807, 2.05) is 30.3 Å². The molecule has 0 amide bonds. The predicted molar refractivity (Wildman–Crippen MR) is 82.2 cm³/mol. The van der Waals surface area contributed by atoms with Gasteiger partial charge in [0, 0.05) is 9.26 Å². The van der Waals surface area contributed by atoms with E-state index >= 15 is 0 Å². The van der Waals surface area contributed by atoms with Crippen molar-refractivity contribution in [3.63, 3.8) is 0 Å². The fourth-order valence-electron chi connectivity index (χ4n) is 1.82. The molecular formula is C15H12FIN2. The number of benzene rings is 2. The third-order valence-electron chi connectivity index (χ3n) is 2.76. The van der Waals surface area contributed by atoms with Crippen LogP contribution in [-0.4, -0.2) is 0 Å². The van der Waals surface area contributed by atoms with Crippen molar-refractivity contribution in [2.24, 2.45) is 0 Å². The lowest BCUT2D eigenvalue weighted by atomic mass is 10.0. The number of nitriles is 1. The lowest BCUT2D eigenvalue weighted by Crippen LogP contribution is -2.11. The number of rotatable bonds is 4. The summed E-state index contributed by atoms with van der Waals surface area (Å²) in [6, 6.07) is 16.4. The van der Waals surface area contributed by atoms with Gasteiger partial charge in [-0.15, -0.1) is 0 Å². The summed E-state index contributed by atoms with van der Waals surface area (Å²) in [7, 11) is 0. The molecule has 2 aromatic rings. The van der Waals surface area contributed by atoms with E-state index in [2.05, 4.69) is 34.0 Å². The maximum atomic E-state index is 13.1. The molecule has 2 nitrogen and oxygen atoms in total. The predicted octanol–water partition coefficient (Wildman–Crippen LogP) is 4.50. The molecule has 0 spiro atoms. The molecule has 2 rings (SSSR count). The van der Waals surface area contributed by atoms with Crippen molar-refractivity contribution in [3.8, 4) is 6.07 Å². The number of anilines is 1. The zero-order valence-corrected chi connectivity index (χ0v) is 12.3. The summed E-state index contributed by atoms with van der Waals surface area (Å²) in [4.78, 5) is 0. The summed E-state index contributed by atoms with van der Waals surface area (Å²) >= 11 is 2.08. The molecule has 1 atom stereocenters. The SMILES string of the molecule is N#CCC(Nc1ccc(F)cc1I)c1ccccc1. The third-order valence-corrected chi connectivity index (χ3v) is 3.65. The van der Waals surface area contributed by atoms with Gasteiger partial charge in [-0.1, -0.05) is 30.3 Å². The van der Waals surface area contributed by atoms with Gasteiger partial charge in [-0.25, -0.2) is 4.39 Å². The standard InChI is InChI=1S/C15H12FIN2/c16-12-6-7-15(13(17)10-12)19-14(8-9-18)11-4-2-1-3-5-11/h1-7,10,14,19H,8H2. The molecule has 0 aliphatic rings. The molecule has 0 heterocycles. The van der Waals surface area contributed by atoms with Crippen molar-refractivity contribution in [3.05, 3.63) is 63.5 Å². The van der Waals surface area contributed by atoms with Crippen molar-refractivity contribution in [1.82, 2.24) is 0 Å². The molecular weight excluding hydrogens is 354 g/mol. The minimum atomic E-state index is -0.258. The van der Waals surface area contributed by atoms with Gasteiger partial charge in [0.1, 0.15) is 5.82 Å². The Morgan fingerprint density at radius 2 is 1.95 bits per heavy atom. The fourth-order valence-corrected chi connectivity index (χ4v) is 2.46. The molecule has 0 fully saturated rings. The summed E-state index contributed by atoms with van der Waals surface area (Å²) in [5.41, 5.74) is 1.88. The minimum Gasteiger partial charge on any atom is -0.376 e. The molecule has 4 heteroatoms. The average Bonchev–Trinajstić information content (AvgIpc) is 2.42. The van der Waals surface area contributed by atoms with Crippen molar-refractivity contribution >= 4 is 28.3 Å². The van der Waals surface area contributed by atoms with Crippen molar-refractivity contribution in [1.29, 1.82) is 5.26 Å². The van der Waals surface area contributed by atoms with Crippen LogP contribution in [0.1, 0.15) is 18.0 Å². The minimum absolute atomic E-state index is 0.0924. The number of halogens is 2. The van der Waals surface area contributed by atoms with Crippen LogP contribution in [0.2, 0.25) is 0 Å². The van der Waals surface area contributed by atoms with Crippen LogP contribution < -0.4 is 5.32 Å². The largest absolute Gasteiger partial charge is 0.376 e. The lowest BCUT2D eigenvalue weighted by Gasteiger charge is -2.18.